The third-order valence-electron chi connectivity index (χ3n) is 3.55. The van der Waals surface area contributed by atoms with Crippen molar-refractivity contribution in [3.8, 4) is 6.07 Å². The van der Waals surface area contributed by atoms with Gasteiger partial charge in [-0.2, -0.15) is 5.26 Å². The number of hydrogen-bond donors (Lipinski definition) is 2. The molecule has 3 rings (SSSR count). The van der Waals surface area contributed by atoms with Gasteiger partial charge in [-0.05, 0) is 42.0 Å². The van der Waals surface area contributed by atoms with Crippen LogP contribution in [-0.2, 0) is 6.54 Å². The van der Waals surface area contributed by atoms with Crippen molar-refractivity contribution >= 4 is 29.1 Å². The summed E-state index contributed by atoms with van der Waals surface area (Å²) in [6.45, 7) is 0.445. The van der Waals surface area contributed by atoms with E-state index >= 15 is 0 Å². The number of amides is 1. The molecule has 1 amide bonds. The molecule has 0 aliphatic carbocycles. The lowest BCUT2D eigenvalue weighted by atomic mass is 10.2. The molecule has 0 radical (unpaired) electrons. The molecule has 0 bridgehead atoms. The first-order valence-corrected chi connectivity index (χ1v) is 8.15. The van der Waals surface area contributed by atoms with Crippen molar-refractivity contribution in [1.29, 1.82) is 5.26 Å². The minimum absolute atomic E-state index is 0.228. The number of rotatable bonds is 5. The number of aromatic nitrogens is 2. The van der Waals surface area contributed by atoms with E-state index in [-0.39, 0.29) is 11.6 Å². The van der Waals surface area contributed by atoms with E-state index in [1.807, 2.05) is 24.3 Å². The number of nitriles is 1. The van der Waals surface area contributed by atoms with Crippen molar-refractivity contribution in [2.24, 2.45) is 0 Å². The molecule has 1 heterocycles. The average Bonchev–Trinajstić information content (AvgIpc) is 2.68. The van der Waals surface area contributed by atoms with Gasteiger partial charge in [0.15, 0.2) is 0 Å². The highest BCUT2D eigenvalue weighted by Gasteiger charge is 2.10. The van der Waals surface area contributed by atoms with Crippen LogP contribution < -0.4 is 10.6 Å². The number of nitrogens with zero attached hydrogens (tertiary/aromatic N) is 3. The molecule has 0 spiro atoms. The van der Waals surface area contributed by atoms with Gasteiger partial charge in [0.25, 0.3) is 5.91 Å². The van der Waals surface area contributed by atoms with Crippen LogP contribution in [0.1, 0.15) is 21.6 Å². The molecule has 0 saturated heterocycles. The highest BCUT2D eigenvalue weighted by molar-refractivity contribution is 6.31. The number of anilines is 2. The SMILES string of the molecule is N#Cc1ccc(NC(=O)c2ccnc(NCc3ccccc3Cl)n2)cc1. The number of carbonyl (C=O) groups is 1. The van der Waals surface area contributed by atoms with E-state index in [0.717, 1.165) is 5.56 Å². The van der Waals surface area contributed by atoms with E-state index in [2.05, 4.69) is 20.6 Å². The lowest BCUT2D eigenvalue weighted by molar-refractivity contribution is 0.102. The second-order valence-corrected chi connectivity index (χ2v) is 5.76. The lowest BCUT2D eigenvalue weighted by Crippen LogP contribution is -2.15. The van der Waals surface area contributed by atoms with Crippen molar-refractivity contribution in [3.63, 3.8) is 0 Å². The number of halogens is 1. The zero-order valence-electron chi connectivity index (χ0n) is 13.6. The number of benzene rings is 2. The Bertz CT molecular complexity index is 966. The maximum Gasteiger partial charge on any atom is 0.274 e. The van der Waals surface area contributed by atoms with E-state index in [1.165, 1.54) is 12.3 Å². The van der Waals surface area contributed by atoms with Gasteiger partial charge in [0.1, 0.15) is 5.69 Å². The summed E-state index contributed by atoms with van der Waals surface area (Å²) in [5.74, 6) is -0.0321. The summed E-state index contributed by atoms with van der Waals surface area (Å²) in [7, 11) is 0. The summed E-state index contributed by atoms with van der Waals surface area (Å²) >= 11 is 6.12. The molecule has 0 atom stereocenters. The molecule has 2 aromatic carbocycles. The molecular formula is C19H14ClN5O. The summed E-state index contributed by atoms with van der Waals surface area (Å²) in [6, 6.07) is 17.6. The van der Waals surface area contributed by atoms with Gasteiger partial charge >= 0.3 is 0 Å². The second kappa shape index (κ2) is 8.10. The van der Waals surface area contributed by atoms with Crippen molar-refractivity contribution in [2.45, 2.75) is 6.54 Å². The van der Waals surface area contributed by atoms with Gasteiger partial charge in [0.05, 0.1) is 11.6 Å². The van der Waals surface area contributed by atoms with Crippen LogP contribution in [0.2, 0.25) is 5.02 Å². The predicted molar refractivity (Wildman–Crippen MR) is 99.9 cm³/mol. The molecule has 6 nitrogen and oxygen atoms in total. The molecule has 2 N–H and O–H groups in total. The van der Waals surface area contributed by atoms with E-state index < -0.39 is 0 Å². The van der Waals surface area contributed by atoms with E-state index in [0.29, 0.717) is 28.8 Å². The first-order chi connectivity index (χ1) is 12.7. The number of carbonyl (C=O) groups excluding carboxylic acids is 1. The zero-order valence-corrected chi connectivity index (χ0v) is 14.4. The molecule has 1 aromatic heterocycles. The van der Waals surface area contributed by atoms with Crippen LogP contribution in [0.15, 0.2) is 60.8 Å². The minimum Gasteiger partial charge on any atom is -0.350 e. The molecule has 0 saturated carbocycles. The van der Waals surface area contributed by atoms with Crippen LogP contribution in [0.25, 0.3) is 0 Å². The Morgan fingerprint density at radius 2 is 1.88 bits per heavy atom. The van der Waals surface area contributed by atoms with E-state index in [1.54, 1.807) is 30.3 Å². The van der Waals surface area contributed by atoms with Gasteiger partial charge in [-0.1, -0.05) is 29.8 Å². The van der Waals surface area contributed by atoms with Crippen LogP contribution in [0.5, 0.6) is 0 Å². The van der Waals surface area contributed by atoms with Crippen LogP contribution in [0, 0.1) is 11.3 Å². The largest absolute Gasteiger partial charge is 0.350 e. The van der Waals surface area contributed by atoms with Crippen LogP contribution in [0.3, 0.4) is 0 Å². The summed E-state index contributed by atoms with van der Waals surface area (Å²) < 4.78 is 0. The highest BCUT2D eigenvalue weighted by Crippen LogP contribution is 2.16. The summed E-state index contributed by atoms with van der Waals surface area (Å²) in [5, 5.41) is 15.2. The normalized spacial score (nSPS) is 10.0. The third kappa shape index (κ3) is 4.35. The topological polar surface area (TPSA) is 90.7 Å². The Morgan fingerprint density at radius 1 is 1.12 bits per heavy atom. The molecule has 0 aliphatic heterocycles. The van der Waals surface area contributed by atoms with E-state index in [9.17, 15) is 4.79 Å². The molecule has 0 fully saturated rings. The molecular weight excluding hydrogens is 350 g/mol. The van der Waals surface area contributed by atoms with Gasteiger partial charge in [-0.15, -0.1) is 0 Å². The fourth-order valence-electron chi connectivity index (χ4n) is 2.21. The van der Waals surface area contributed by atoms with Crippen molar-refractivity contribution in [2.75, 3.05) is 10.6 Å². The quantitative estimate of drug-likeness (QED) is 0.718. The smallest absolute Gasteiger partial charge is 0.274 e. The van der Waals surface area contributed by atoms with Gasteiger partial charge in [-0.3, -0.25) is 4.79 Å². The Labute approximate surface area is 155 Å². The monoisotopic (exact) mass is 363 g/mol. The van der Waals surface area contributed by atoms with Gasteiger partial charge in [0, 0.05) is 23.5 Å². The van der Waals surface area contributed by atoms with Crippen LogP contribution in [0.4, 0.5) is 11.6 Å². The number of hydrogen-bond acceptors (Lipinski definition) is 5. The molecule has 0 aliphatic rings. The minimum atomic E-state index is -0.363. The fraction of sp³-hybridized carbons (Fsp3) is 0.0526. The van der Waals surface area contributed by atoms with Crippen LogP contribution in [-0.4, -0.2) is 15.9 Å². The van der Waals surface area contributed by atoms with Gasteiger partial charge in [0.2, 0.25) is 5.95 Å². The lowest BCUT2D eigenvalue weighted by Gasteiger charge is -2.08. The zero-order chi connectivity index (χ0) is 18.4. The Morgan fingerprint density at radius 3 is 2.62 bits per heavy atom. The molecule has 0 unspecified atom stereocenters. The Hall–Kier alpha value is -3.43. The first-order valence-electron chi connectivity index (χ1n) is 7.77. The van der Waals surface area contributed by atoms with Crippen molar-refractivity contribution in [1.82, 2.24) is 9.97 Å². The molecule has 26 heavy (non-hydrogen) atoms. The molecule has 128 valence electrons. The number of nitrogens with one attached hydrogen (secondary N) is 2. The van der Waals surface area contributed by atoms with Gasteiger partial charge < -0.3 is 10.6 Å². The highest BCUT2D eigenvalue weighted by atomic mass is 35.5. The maximum absolute atomic E-state index is 12.3. The maximum atomic E-state index is 12.3. The summed E-state index contributed by atoms with van der Waals surface area (Å²) in [6.07, 6.45) is 1.51. The Balaban J connectivity index is 1.67. The standard InChI is InChI=1S/C19H14ClN5O/c20-16-4-2-1-3-14(16)12-23-19-22-10-9-17(25-19)18(26)24-15-7-5-13(11-21)6-8-15/h1-10H,12H2,(H,24,26)(H,22,23,25). The summed E-state index contributed by atoms with van der Waals surface area (Å²) in [5.41, 5.74) is 2.24. The summed E-state index contributed by atoms with van der Waals surface area (Å²) in [4.78, 5) is 20.7. The predicted octanol–water partition coefficient (Wildman–Crippen LogP) is 3.87. The van der Waals surface area contributed by atoms with E-state index in [4.69, 9.17) is 16.9 Å². The average molecular weight is 364 g/mol. The third-order valence-corrected chi connectivity index (χ3v) is 3.92. The van der Waals surface area contributed by atoms with Crippen molar-refractivity contribution < 1.29 is 4.79 Å². The second-order valence-electron chi connectivity index (χ2n) is 5.35. The Kier molecular flexibility index (Phi) is 5.42. The van der Waals surface area contributed by atoms with Crippen LogP contribution >= 0.6 is 11.6 Å². The fourth-order valence-corrected chi connectivity index (χ4v) is 2.41. The molecule has 7 heteroatoms. The van der Waals surface area contributed by atoms with Gasteiger partial charge in [-0.25, -0.2) is 9.97 Å². The van der Waals surface area contributed by atoms with Crippen molar-refractivity contribution in [3.05, 3.63) is 82.6 Å². The molecule has 3 aromatic rings. The first kappa shape index (κ1) is 17.4.